The van der Waals surface area contributed by atoms with Gasteiger partial charge in [-0.15, -0.1) is 0 Å². The molecule has 0 aliphatic heterocycles. The molecule has 3 nitrogen and oxygen atoms in total. The van der Waals surface area contributed by atoms with Crippen molar-refractivity contribution in [1.82, 2.24) is 4.98 Å². The molecule has 1 aromatic heterocycles. The predicted octanol–water partition coefficient (Wildman–Crippen LogP) is 3.85. The van der Waals surface area contributed by atoms with Crippen molar-refractivity contribution in [1.29, 1.82) is 0 Å². The van der Waals surface area contributed by atoms with E-state index in [0.29, 0.717) is 27.6 Å². The Labute approximate surface area is 121 Å². The third kappa shape index (κ3) is 2.40. The molecular formula is C11H8BrCl2FN2O. The van der Waals surface area contributed by atoms with Crippen molar-refractivity contribution in [2.24, 2.45) is 0 Å². The fourth-order valence-corrected chi connectivity index (χ4v) is 2.57. The third-order valence-electron chi connectivity index (χ3n) is 2.36. The molecule has 0 unspecified atom stereocenters. The predicted molar refractivity (Wildman–Crippen MR) is 75.0 cm³/mol. The highest BCUT2D eigenvalue weighted by atomic mass is 79.9. The van der Waals surface area contributed by atoms with Gasteiger partial charge in [0, 0.05) is 18.1 Å². The summed E-state index contributed by atoms with van der Waals surface area (Å²) in [7, 11) is 0. The molecule has 1 aromatic carbocycles. The van der Waals surface area contributed by atoms with Gasteiger partial charge >= 0.3 is 0 Å². The molecule has 0 saturated heterocycles. The van der Waals surface area contributed by atoms with Crippen LogP contribution >= 0.6 is 39.1 Å². The minimum absolute atomic E-state index is 0.0516. The van der Waals surface area contributed by atoms with Crippen LogP contribution in [0.2, 0.25) is 10.0 Å². The van der Waals surface area contributed by atoms with Gasteiger partial charge in [0.2, 0.25) is 0 Å². The Morgan fingerprint density at radius 3 is 2.83 bits per heavy atom. The molecule has 96 valence electrons. The van der Waals surface area contributed by atoms with Gasteiger partial charge in [-0.2, -0.15) is 0 Å². The number of aliphatic hydroxyl groups is 1. The Bertz CT molecular complexity index is 609. The van der Waals surface area contributed by atoms with Crippen LogP contribution in [0.4, 0.5) is 10.1 Å². The van der Waals surface area contributed by atoms with E-state index in [9.17, 15) is 4.39 Å². The number of halogens is 4. The van der Waals surface area contributed by atoms with E-state index in [2.05, 4.69) is 26.2 Å². The number of nitrogens with zero attached hydrogens (tertiary/aromatic N) is 1. The maximum Gasteiger partial charge on any atom is 0.161 e. The van der Waals surface area contributed by atoms with Gasteiger partial charge in [0.05, 0.1) is 32.3 Å². The second-order valence-corrected chi connectivity index (χ2v) is 5.15. The van der Waals surface area contributed by atoms with Crippen LogP contribution in [0.15, 0.2) is 16.7 Å². The molecule has 0 fully saturated rings. The normalized spacial score (nSPS) is 10.9. The Hall–Kier alpha value is -0.620. The maximum absolute atomic E-state index is 13.7. The fourth-order valence-electron chi connectivity index (χ4n) is 1.59. The van der Waals surface area contributed by atoms with Crippen LogP contribution in [0.25, 0.3) is 10.9 Å². The van der Waals surface area contributed by atoms with Gasteiger partial charge < -0.3 is 10.4 Å². The zero-order valence-corrected chi connectivity index (χ0v) is 12.1. The molecule has 0 bridgehead atoms. The minimum Gasteiger partial charge on any atom is -0.395 e. The minimum atomic E-state index is -0.683. The van der Waals surface area contributed by atoms with Crippen molar-refractivity contribution in [2.75, 3.05) is 18.5 Å². The Kier molecular flexibility index (Phi) is 4.27. The van der Waals surface area contributed by atoms with Gasteiger partial charge in [-0.25, -0.2) is 4.39 Å². The highest BCUT2D eigenvalue weighted by Gasteiger charge is 2.16. The quantitative estimate of drug-likeness (QED) is 0.824. The number of pyridine rings is 1. The molecule has 0 aliphatic rings. The van der Waals surface area contributed by atoms with Gasteiger partial charge in [0.25, 0.3) is 0 Å². The number of nitrogens with one attached hydrogen (secondary N) is 1. The van der Waals surface area contributed by atoms with Crippen LogP contribution < -0.4 is 5.32 Å². The summed E-state index contributed by atoms with van der Waals surface area (Å²) in [5, 5.41) is 12.1. The molecule has 18 heavy (non-hydrogen) atoms. The number of aromatic nitrogens is 1. The standard InChI is InChI=1S/C11H8BrCl2FN2O/c12-5-4-17-7-3-6(13)10(15)9(14)8(7)11(5)16-1-2-18/h3-4,18H,1-2H2,(H,16,17). The van der Waals surface area contributed by atoms with Crippen molar-refractivity contribution < 1.29 is 9.50 Å². The molecule has 0 spiro atoms. The first-order valence-electron chi connectivity index (χ1n) is 5.02. The van der Waals surface area contributed by atoms with E-state index in [1.807, 2.05) is 0 Å². The summed E-state index contributed by atoms with van der Waals surface area (Å²) in [6, 6.07) is 1.41. The van der Waals surface area contributed by atoms with Crippen molar-refractivity contribution in [2.45, 2.75) is 0 Å². The van der Waals surface area contributed by atoms with Crippen LogP contribution in [0.3, 0.4) is 0 Å². The summed E-state index contributed by atoms with van der Waals surface area (Å²) >= 11 is 15.0. The second-order valence-electron chi connectivity index (χ2n) is 3.51. The van der Waals surface area contributed by atoms with Crippen LogP contribution in [0, 0.1) is 5.82 Å². The number of benzene rings is 1. The summed E-state index contributed by atoms with van der Waals surface area (Å²) in [4.78, 5) is 4.13. The van der Waals surface area contributed by atoms with Crippen molar-refractivity contribution >= 4 is 55.7 Å². The second kappa shape index (κ2) is 5.57. The first-order chi connectivity index (χ1) is 8.56. The highest BCUT2D eigenvalue weighted by molar-refractivity contribution is 9.10. The lowest BCUT2D eigenvalue weighted by Crippen LogP contribution is -2.07. The summed E-state index contributed by atoms with van der Waals surface area (Å²) in [6.45, 7) is 0.266. The van der Waals surface area contributed by atoms with E-state index in [1.165, 1.54) is 6.07 Å². The molecule has 1 heterocycles. The average Bonchev–Trinajstić information content (AvgIpc) is 2.35. The lowest BCUT2D eigenvalue weighted by Gasteiger charge is -2.12. The molecular weight excluding hydrogens is 346 g/mol. The first-order valence-corrected chi connectivity index (χ1v) is 6.57. The fraction of sp³-hybridized carbons (Fsp3) is 0.182. The number of anilines is 1. The van der Waals surface area contributed by atoms with E-state index < -0.39 is 5.82 Å². The average molecular weight is 354 g/mol. The smallest absolute Gasteiger partial charge is 0.161 e. The van der Waals surface area contributed by atoms with E-state index >= 15 is 0 Å². The van der Waals surface area contributed by atoms with Crippen LogP contribution in [0.5, 0.6) is 0 Å². The summed E-state index contributed by atoms with van der Waals surface area (Å²) in [6.07, 6.45) is 1.56. The summed E-state index contributed by atoms with van der Waals surface area (Å²) in [5.41, 5.74) is 1.06. The van der Waals surface area contributed by atoms with E-state index in [1.54, 1.807) is 6.20 Å². The van der Waals surface area contributed by atoms with E-state index in [0.717, 1.165) is 0 Å². The number of hydrogen-bond donors (Lipinski definition) is 2. The van der Waals surface area contributed by atoms with Gasteiger partial charge in [0.1, 0.15) is 0 Å². The van der Waals surface area contributed by atoms with Gasteiger partial charge in [-0.3, -0.25) is 4.98 Å². The molecule has 0 saturated carbocycles. The third-order valence-corrected chi connectivity index (χ3v) is 3.59. The number of fused-ring (bicyclic) bond motifs is 1. The van der Waals surface area contributed by atoms with E-state index in [4.69, 9.17) is 28.3 Å². The zero-order chi connectivity index (χ0) is 13.3. The van der Waals surface area contributed by atoms with Crippen molar-refractivity contribution in [3.63, 3.8) is 0 Å². The number of hydrogen-bond acceptors (Lipinski definition) is 3. The molecule has 0 aliphatic carbocycles. The number of aliphatic hydroxyl groups excluding tert-OH is 1. The molecule has 0 atom stereocenters. The first kappa shape index (κ1) is 13.8. The van der Waals surface area contributed by atoms with E-state index in [-0.39, 0.29) is 16.7 Å². The topological polar surface area (TPSA) is 45.1 Å². The van der Waals surface area contributed by atoms with Crippen LogP contribution in [0.1, 0.15) is 0 Å². The maximum atomic E-state index is 13.7. The Morgan fingerprint density at radius 1 is 1.44 bits per heavy atom. The summed E-state index contributed by atoms with van der Waals surface area (Å²) < 4.78 is 14.3. The highest BCUT2D eigenvalue weighted by Crippen LogP contribution is 2.38. The van der Waals surface area contributed by atoms with Crippen LogP contribution in [-0.4, -0.2) is 23.2 Å². The lowest BCUT2D eigenvalue weighted by molar-refractivity contribution is 0.311. The van der Waals surface area contributed by atoms with Gasteiger partial charge in [-0.1, -0.05) is 23.2 Å². The SMILES string of the molecule is OCCNc1c(Br)cnc2cc(Cl)c(F)c(Cl)c12. The molecule has 2 N–H and O–H groups in total. The lowest BCUT2D eigenvalue weighted by atomic mass is 10.1. The van der Waals surface area contributed by atoms with Gasteiger partial charge in [0.15, 0.2) is 5.82 Å². The zero-order valence-electron chi connectivity index (χ0n) is 8.98. The number of rotatable bonds is 3. The van der Waals surface area contributed by atoms with Crippen molar-refractivity contribution in [3.8, 4) is 0 Å². The molecule has 0 amide bonds. The molecule has 0 radical (unpaired) electrons. The van der Waals surface area contributed by atoms with Crippen LogP contribution in [-0.2, 0) is 0 Å². The largest absolute Gasteiger partial charge is 0.395 e. The van der Waals surface area contributed by atoms with Gasteiger partial charge in [-0.05, 0) is 22.0 Å². The van der Waals surface area contributed by atoms with Crippen molar-refractivity contribution in [3.05, 3.63) is 32.6 Å². The monoisotopic (exact) mass is 352 g/mol. The molecule has 2 aromatic rings. The molecule has 7 heteroatoms. The summed E-state index contributed by atoms with van der Waals surface area (Å²) in [5.74, 6) is -0.683. The molecule has 2 rings (SSSR count). The Balaban J connectivity index is 2.74. The Morgan fingerprint density at radius 2 is 2.17 bits per heavy atom.